The topological polar surface area (TPSA) is 46.8 Å². The summed E-state index contributed by atoms with van der Waals surface area (Å²) in [6.45, 7) is 11.7. The SMILES string of the molecule is Cc1ccc(N2CCc3ccccc3C2c2nnnn2C(C)(C)C)c(C)c1. The van der Waals surface area contributed by atoms with Gasteiger partial charge in [-0.3, -0.25) is 0 Å². The number of aromatic nitrogens is 4. The summed E-state index contributed by atoms with van der Waals surface area (Å²) in [5.74, 6) is 0.898. The van der Waals surface area contributed by atoms with Gasteiger partial charge in [0.05, 0.1) is 5.54 Å². The van der Waals surface area contributed by atoms with Crippen molar-refractivity contribution in [1.29, 1.82) is 0 Å². The van der Waals surface area contributed by atoms with E-state index in [0.29, 0.717) is 0 Å². The fourth-order valence-corrected chi connectivity index (χ4v) is 4.07. The minimum atomic E-state index is -0.181. The molecule has 140 valence electrons. The molecule has 0 amide bonds. The first-order valence-electron chi connectivity index (χ1n) is 9.57. The summed E-state index contributed by atoms with van der Waals surface area (Å²) in [5.41, 5.74) is 6.32. The molecule has 0 bridgehead atoms. The van der Waals surface area contributed by atoms with Crippen LogP contribution in [-0.4, -0.2) is 26.8 Å². The summed E-state index contributed by atoms with van der Waals surface area (Å²) < 4.78 is 1.97. The van der Waals surface area contributed by atoms with Crippen molar-refractivity contribution in [2.24, 2.45) is 0 Å². The average Bonchev–Trinajstić information content (AvgIpc) is 3.11. The predicted octanol–water partition coefficient (Wildman–Crippen LogP) is 4.20. The Hall–Kier alpha value is -2.69. The number of rotatable bonds is 2. The molecule has 2 aromatic carbocycles. The van der Waals surface area contributed by atoms with Crippen LogP contribution in [0.25, 0.3) is 0 Å². The maximum atomic E-state index is 4.49. The molecule has 0 saturated carbocycles. The van der Waals surface area contributed by atoms with E-state index in [1.54, 1.807) is 0 Å². The van der Waals surface area contributed by atoms with Crippen molar-refractivity contribution < 1.29 is 0 Å². The molecule has 27 heavy (non-hydrogen) atoms. The second-order valence-electron chi connectivity index (χ2n) is 8.45. The minimum Gasteiger partial charge on any atom is -0.357 e. The molecule has 3 aromatic rings. The zero-order valence-corrected chi connectivity index (χ0v) is 16.8. The van der Waals surface area contributed by atoms with Crippen molar-refractivity contribution in [3.05, 3.63) is 70.5 Å². The number of tetrazole rings is 1. The van der Waals surface area contributed by atoms with Gasteiger partial charge >= 0.3 is 0 Å². The van der Waals surface area contributed by atoms with Crippen LogP contribution in [-0.2, 0) is 12.0 Å². The Morgan fingerprint density at radius 2 is 1.81 bits per heavy atom. The number of aryl methyl sites for hydroxylation is 2. The highest BCUT2D eigenvalue weighted by Crippen LogP contribution is 2.39. The van der Waals surface area contributed by atoms with Gasteiger partial charge in [0.1, 0.15) is 6.04 Å². The fraction of sp³-hybridized carbons (Fsp3) is 0.409. The van der Waals surface area contributed by atoms with Crippen LogP contribution in [0.3, 0.4) is 0 Å². The van der Waals surface area contributed by atoms with Crippen LogP contribution in [0.1, 0.15) is 54.9 Å². The summed E-state index contributed by atoms with van der Waals surface area (Å²) in [6, 6.07) is 15.4. The van der Waals surface area contributed by atoms with Gasteiger partial charge in [0.15, 0.2) is 5.82 Å². The summed E-state index contributed by atoms with van der Waals surface area (Å²) >= 11 is 0. The summed E-state index contributed by atoms with van der Waals surface area (Å²) in [5, 5.41) is 12.9. The monoisotopic (exact) mass is 361 g/mol. The van der Waals surface area contributed by atoms with E-state index in [2.05, 4.69) is 97.5 Å². The second-order valence-corrected chi connectivity index (χ2v) is 8.45. The normalized spacial score (nSPS) is 17.1. The molecule has 1 atom stereocenters. The van der Waals surface area contributed by atoms with Crippen LogP contribution in [0.15, 0.2) is 42.5 Å². The number of nitrogens with zero attached hydrogens (tertiary/aromatic N) is 5. The van der Waals surface area contributed by atoms with Crippen molar-refractivity contribution >= 4 is 5.69 Å². The van der Waals surface area contributed by atoms with Gasteiger partial charge in [-0.1, -0.05) is 42.0 Å². The van der Waals surface area contributed by atoms with Gasteiger partial charge in [-0.15, -0.1) is 5.10 Å². The largest absolute Gasteiger partial charge is 0.357 e. The maximum Gasteiger partial charge on any atom is 0.178 e. The van der Waals surface area contributed by atoms with Gasteiger partial charge in [-0.05, 0) is 74.2 Å². The molecular formula is C22H27N5. The van der Waals surface area contributed by atoms with E-state index in [9.17, 15) is 0 Å². The van der Waals surface area contributed by atoms with E-state index in [1.165, 1.54) is 27.9 Å². The second kappa shape index (κ2) is 6.48. The predicted molar refractivity (Wildman–Crippen MR) is 108 cm³/mol. The van der Waals surface area contributed by atoms with E-state index < -0.39 is 0 Å². The van der Waals surface area contributed by atoms with E-state index in [0.717, 1.165) is 18.8 Å². The molecular weight excluding hydrogens is 334 g/mol. The summed E-state index contributed by atoms with van der Waals surface area (Å²) in [7, 11) is 0. The molecule has 0 spiro atoms. The third-order valence-electron chi connectivity index (χ3n) is 5.32. The van der Waals surface area contributed by atoms with E-state index >= 15 is 0 Å². The lowest BCUT2D eigenvalue weighted by atomic mass is 9.90. The van der Waals surface area contributed by atoms with Crippen molar-refractivity contribution in [3.63, 3.8) is 0 Å². The molecule has 1 aromatic heterocycles. The van der Waals surface area contributed by atoms with Gasteiger partial charge in [0.25, 0.3) is 0 Å². The average molecular weight is 361 g/mol. The number of hydrogen-bond acceptors (Lipinski definition) is 4. The third kappa shape index (κ3) is 3.11. The first kappa shape index (κ1) is 17.7. The Labute approximate surface area is 161 Å². The molecule has 1 unspecified atom stereocenters. The maximum absolute atomic E-state index is 4.49. The van der Waals surface area contributed by atoms with Gasteiger partial charge in [0, 0.05) is 12.2 Å². The smallest absolute Gasteiger partial charge is 0.178 e. The molecule has 5 nitrogen and oxygen atoms in total. The minimum absolute atomic E-state index is 0.00517. The standard InChI is InChI=1S/C22H27N5/c1-15-10-11-19(16(2)14-15)26-13-12-17-8-6-7-9-18(17)20(26)21-23-24-25-27(21)22(3,4)5/h6-11,14,20H,12-13H2,1-5H3. The molecule has 4 rings (SSSR count). The first-order chi connectivity index (χ1) is 12.9. The Bertz CT molecular complexity index is 967. The molecule has 0 radical (unpaired) electrons. The lowest BCUT2D eigenvalue weighted by Gasteiger charge is -2.40. The number of hydrogen-bond donors (Lipinski definition) is 0. The third-order valence-corrected chi connectivity index (χ3v) is 5.32. The highest BCUT2D eigenvalue weighted by molar-refractivity contribution is 5.59. The molecule has 1 aliphatic heterocycles. The zero-order valence-electron chi connectivity index (χ0n) is 16.8. The number of benzene rings is 2. The highest BCUT2D eigenvalue weighted by atomic mass is 15.6. The number of fused-ring (bicyclic) bond motifs is 1. The van der Waals surface area contributed by atoms with Gasteiger partial charge in [0.2, 0.25) is 0 Å². The van der Waals surface area contributed by atoms with Gasteiger partial charge in [-0.25, -0.2) is 4.68 Å². The van der Waals surface area contributed by atoms with Crippen molar-refractivity contribution in [2.45, 2.75) is 52.6 Å². The molecule has 0 saturated heterocycles. The van der Waals surface area contributed by atoms with E-state index in [-0.39, 0.29) is 11.6 Å². The Kier molecular flexibility index (Phi) is 4.25. The van der Waals surface area contributed by atoms with Crippen LogP contribution >= 0.6 is 0 Å². The zero-order chi connectivity index (χ0) is 19.2. The lowest BCUT2D eigenvalue weighted by Crippen LogP contribution is -2.40. The van der Waals surface area contributed by atoms with Gasteiger partial charge < -0.3 is 4.90 Å². The summed E-state index contributed by atoms with van der Waals surface area (Å²) in [4.78, 5) is 2.46. The van der Waals surface area contributed by atoms with Crippen molar-refractivity contribution in [3.8, 4) is 0 Å². The molecule has 0 N–H and O–H groups in total. The van der Waals surface area contributed by atoms with E-state index in [4.69, 9.17) is 0 Å². The molecule has 5 heteroatoms. The quantitative estimate of drug-likeness (QED) is 0.686. The van der Waals surface area contributed by atoms with Crippen molar-refractivity contribution in [2.75, 3.05) is 11.4 Å². The van der Waals surface area contributed by atoms with E-state index in [1.807, 2.05) is 4.68 Å². The first-order valence-corrected chi connectivity index (χ1v) is 9.57. The fourth-order valence-electron chi connectivity index (χ4n) is 4.07. The van der Waals surface area contributed by atoms with Crippen LogP contribution < -0.4 is 4.90 Å². The summed E-state index contributed by atoms with van der Waals surface area (Å²) in [6.07, 6.45) is 1.02. The Balaban J connectivity index is 1.91. The van der Waals surface area contributed by atoms with Crippen LogP contribution in [0.2, 0.25) is 0 Å². The van der Waals surface area contributed by atoms with Crippen LogP contribution in [0, 0.1) is 13.8 Å². The molecule has 0 aliphatic carbocycles. The van der Waals surface area contributed by atoms with Gasteiger partial charge in [-0.2, -0.15) is 0 Å². The molecule has 2 heterocycles. The molecule has 1 aliphatic rings. The Morgan fingerprint density at radius 1 is 1.04 bits per heavy atom. The highest BCUT2D eigenvalue weighted by Gasteiger charge is 2.35. The number of anilines is 1. The van der Waals surface area contributed by atoms with Crippen molar-refractivity contribution in [1.82, 2.24) is 20.2 Å². The van der Waals surface area contributed by atoms with Crippen LogP contribution in [0.5, 0.6) is 0 Å². The lowest BCUT2D eigenvalue weighted by molar-refractivity contribution is 0.328. The molecule has 0 fully saturated rings. The van der Waals surface area contributed by atoms with Crippen LogP contribution in [0.4, 0.5) is 5.69 Å². The Morgan fingerprint density at radius 3 is 2.56 bits per heavy atom.